The van der Waals surface area contributed by atoms with Crippen molar-refractivity contribution in [3.05, 3.63) is 24.3 Å². The zero-order chi connectivity index (χ0) is 24.7. The van der Waals surface area contributed by atoms with Gasteiger partial charge in [-0.15, -0.1) is 11.8 Å². The molecule has 0 aliphatic carbocycles. The number of rotatable bonds is 9. The summed E-state index contributed by atoms with van der Waals surface area (Å²) >= 11 is 1.36. The van der Waals surface area contributed by atoms with Gasteiger partial charge in [-0.2, -0.15) is 0 Å². The van der Waals surface area contributed by atoms with Crippen molar-refractivity contribution in [3.8, 4) is 11.5 Å². The number of para-hydroxylation sites is 2. The zero-order valence-electron chi connectivity index (χ0n) is 21.2. The van der Waals surface area contributed by atoms with E-state index in [1.165, 1.54) is 23.8 Å². The van der Waals surface area contributed by atoms with Gasteiger partial charge in [-0.3, -0.25) is 9.59 Å². The molecule has 4 atom stereocenters. The number of hydrogen-bond donors (Lipinski definition) is 1. The number of amides is 2. The molecule has 1 aromatic carbocycles. The molecule has 0 bridgehead atoms. The van der Waals surface area contributed by atoms with Gasteiger partial charge in [0.2, 0.25) is 5.91 Å². The smallest absolute Gasteiger partial charge is 0.548 e. The fourth-order valence-corrected chi connectivity index (χ4v) is 6.31. The molecule has 182 valence electrons. The standard InChI is InChI=1S/C24H34N2O6S.Na/c1-13(2)12-24(14(3)4,32-16-11-9-8-10-15(16)31-7)22(30)25-17-19(27)26-18(21(28)29)23(5,6)33-20(17)26;/h8-11,13-14,17-18,20H,12H2,1-7H3,(H,25,30)(H,28,29);/q;+1/p-1/t17-,18+,20-,24?;/m1./s1. The number of β-lactam (4-membered cyclic amide) rings is 1. The van der Waals surface area contributed by atoms with E-state index in [0.29, 0.717) is 17.9 Å². The number of benzene rings is 1. The number of aliphatic carboxylic acids is 1. The van der Waals surface area contributed by atoms with Gasteiger partial charge >= 0.3 is 29.6 Å². The van der Waals surface area contributed by atoms with E-state index in [1.807, 2.05) is 33.8 Å². The molecular formula is C24H33N2NaO6S. The number of thioether (sulfide) groups is 1. The molecule has 1 N–H and O–H groups in total. The summed E-state index contributed by atoms with van der Waals surface area (Å²) in [6.07, 6.45) is 0.421. The van der Waals surface area contributed by atoms with E-state index < -0.39 is 45.6 Å². The summed E-state index contributed by atoms with van der Waals surface area (Å²) in [4.78, 5) is 39.7. The van der Waals surface area contributed by atoms with Crippen LogP contribution in [-0.2, 0) is 14.4 Å². The first-order chi connectivity index (χ1) is 15.4. The molecule has 2 heterocycles. The SMILES string of the molecule is COc1ccccc1OC(CC(C)C)(C(=O)N[C@@H]1C(=O)N2[C@@H]1SC(C)(C)[C@@H]2C(=O)[O-])C(C)C.[Na+]. The summed E-state index contributed by atoms with van der Waals surface area (Å²) in [7, 11) is 1.54. The second kappa shape index (κ2) is 10.7. The quantitative estimate of drug-likeness (QED) is 0.336. The second-order valence-electron chi connectivity index (χ2n) is 9.93. The molecule has 34 heavy (non-hydrogen) atoms. The number of ether oxygens (including phenoxy) is 2. The molecule has 0 saturated carbocycles. The largest absolute Gasteiger partial charge is 1.00 e. The van der Waals surface area contributed by atoms with Gasteiger partial charge in [0.15, 0.2) is 17.1 Å². The number of hydrogen-bond acceptors (Lipinski definition) is 7. The van der Waals surface area contributed by atoms with Gasteiger partial charge in [0.25, 0.3) is 5.91 Å². The van der Waals surface area contributed by atoms with Gasteiger partial charge in [-0.05, 0) is 38.3 Å². The molecule has 0 radical (unpaired) electrons. The van der Waals surface area contributed by atoms with Crippen LogP contribution < -0.4 is 49.5 Å². The van der Waals surface area contributed by atoms with E-state index in [0.717, 1.165) is 0 Å². The normalized spacial score (nSPS) is 24.6. The number of nitrogens with zero attached hydrogens (tertiary/aromatic N) is 1. The minimum absolute atomic E-state index is 0. The third-order valence-corrected chi connectivity index (χ3v) is 7.91. The second-order valence-corrected chi connectivity index (χ2v) is 11.7. The topological polar surface area (TPSA) is 108 Å². The van der Waals surface area contributed by atoms with E-state index in [1.54, 1.807) is 32.0 Å². The molecule has 8 nitrogen and oxygen atoms in total. The molecule has 10 heteroatoms. The van der Waals surface area contributed by atoms with Crippen LogP contribution in [0, 0.1) is 11.8 Å². The van der Waals surface area contributed by atoms with Crippen LogP contribution in [-0.4, -0.2) is 57.6 Å². The predicted octanol–water partition coefficient (Wildman–Crippen LogP) is -1.18. The number of carboxylic acid groups (broad SMARTS) is 1. The van der Waals surface area contributed by atoms with Crippen molar-refractivity contribution in [1.29, 1.82) is 0 Å². The average Bonchev–Trinajstić information content (AvgIpc) is 2.99. The van der Waals surface area contributed by atoms with Gasteiger partial charge in [0.1, 0.15) is 11.4 Å². The summed E-state index contributed by atoms with van der Waals surface area (Å²) in [5, 5.41) is 14.1. The summed E-state index contributed by atoms with van der Waals surface area (Å²) in [6.45, 7) is 11.4. The fourth-order valence-electron chi connectivity index (χ4n) is 4.69. The Morgan fingerprint density at radius 1 is 1.21 bits per heavy atom. The summed E-state index contributed by atoms with van der Waals surface area (Å²) in [5.74, 6) is -1.24. The van der Waals surface area contributed by atoms with Crippen LogP contribution >= 0.6 is 11.8 Å². The van der Waals surface area contributed by atoms with Crippen molar-refractivity contribution in [2.75, 3.05) is 7.11 Å². The first-order valence-corrected chi connectivity index (χ1v) is 12.1. The number of carbonyl (C=O) groups excluding carboxylic acids is 3. The van der Waals surface area contributed by atoms with Crippen LogP contribution in [0.25, 0.3) is 0 Å². The average molecular weight is 501 g/mol. The van der Waals surface area contributed by atoms with E-state index in [-0.39, 0.29) is 41.4 Å². The number of methoxy groups -OCH3 is 1. The Morgan fingerprint density at radius 3 is 2.29 bits per heavy atom. The first kappa shape index (κ1) is 28.8. The van der Waals surface area contributed by atoms with Gasteiger partial charge in [0, 0.05) is 10.7 Å². The van der Waals surface area contributed by atoms with Crippen molar-refractivity contribution in [2.24, 2.45) is 11.8 Å². The summed E-state index contributed by atoms with van der Waals surface area (Å²) in [5.41, 5.74) is -1.25. The molecule has 1 aromatic rings. The molecular weight excluding hydrogens is 467 g/mol. The van der Waals surface area contributed by atoms with Gasteiger partial charge in [-0.25, -0.2) is 0 Å². The van der Waals surface area contributed by atoms with Crippen LogP contribution in [0.2, 0.25) is 0 Å². The molecule has 0 spiro atoms. The third-order valence-electron chi connectivity index (χ3n) is 6.34. The molecule has 2 aliphatic rings. The number of carboxylic acids is 1. The number of nitrogens with one attached hydrogen (secondary N) is 1. The molecule has 2 saturated heterocycles. The maximum Gasteiger partial charge on any atom is 1.00 e. The predicted molar refractivity (Wildman–Crippen MR) is 124 cm³/mol. The molecule has 1 unspecified atom stereocenters. The van der Waals surface area contributed by atoms with Crippen molar-refractivity contribution in [1.82, 2.24) is 10.2 Å². The maximum atomic E-state index is 13.8. The summed E-state index contributed by atoms with van der Waals surface area (Å²) in [6, 6.07) is 5.28. The molecule has 0 aromatic heterocycles. The van der Waals surface area contributed by atoms with Crippen LogP contribution in [0.1, 0.15) is 48.0 Å². The first-order valence-electron chi connectivity index (χ1n) is 11.2. The van der Waals surface area contributed by atoms with E-state index >= 15 is 0 Å². The Bertz CT molecular complexity index is 940. The molecule has 3 rings (SSSR count). The molecule has 2 fully saturated rings. The van der Waals surface area contributed by atoms with Crippen molar-refractivity contribution in [2.45, 2.75) is 75.8 Å². The van der Waals surface area contributed by atoms with Gasteiger partial charge < -0.3 is 29.6 Å². The van der Waals surface area contributed by atoms with Crippen LogP contribution in [0.3, 0.4) is 0 Å². The zero-order valence-corrected chi connectivity index (χ0v) is 24.0. The monoisotopic (exact) mass is 500 g/mol. The number of fused-ring (bicyclic) bond motifs is 1. The van der Waals surface area contributed by atoms with Gasteiger partial charge in [0.05, 0.1) is 19.1 Å². The number of carbonyl (C=O) groups is 3. The Labute approximate surface area is 227 Å². The Kier molecular flexibility index (Phi) is 9.05. The van der Waals surface area contributed by atoms with Crippen LogP contribution in [0.4, 0.5) is 0 Å². The van der Waals surface area contributed by atoms with Crippen LogP contribution in [0.5, 0.6) is 11.5 Å². The summed E-state index contributed by atoms with van der Waals surface area (Å²) < 4.78 is 11.1. The van der Waals surface area contributed by atoms with E-state index in [9.17, 15) is 19.5 Å². The van der Waals surface area contributed by atoms with Gasteiger partial charge in [-0.1, -0.05) is 39.8 Å². The minimum atomic E-state index is -1.29. The fraction of sp³-hybridized carbons (Fsp3) is 0.625. The van der Waals surface area contributed by atoms with E-state index in [2.05, 4.69) is 5.32 Å². The van der Waals surface area contributed by atoms with Crippen LogP contribution in [0.15, 0.2) is 24.3 Å². The molecule has 2 aliphatic heterocycles. The van der Waals surface area contributed by atoms with Crippen molar-refractivity contribution in [3.63, 3.8) is 0 Å². The van der Waals surface area contributed by atoms with Crippen molar-refractivity contribution >= 4 is 29.5 Å². The minimum Gasteiger partial charge on any atom is -0.548 e. The maximum absolute atomic E-state index is 13.8. The van der Waals surface area contributed by atoms with E-state index in [4.69, 9.17) is 9.47 Å². The van der Waals surface area contributed by atoms with Crippen molar-refractivity contribution < 1.29 is 58.5 Å². The Morgan fingerprint density at radius 2 is 1.79 bits per heavy atom. The third kappa shape index (κ3) is 5.08. The molecule has 2 amide bonds. The Hall–Kier alpha value is -1.42. The Balaban J connectivity index is 0.00000408.